The molecule has 0 amide bonds. The molecule has 1 aliphatic carbocycles. The molecule has 0 atom stereocenters. The van der Waals surface area contributed by atoms with E-state index < -0.39 is 0 Å². The van der Waals surface area contributed by atoms with Gasteiger partial charge in [-0.15, -0.1) is 34.9 Å². The topological polar surface area (TPSA) is 54.8 Å². The van der Waals surface area contributed by atoms with E-state index in [1.165, 1.54) is 11.1 Å². The Hall–Kier alpha value is -2.95. The second-order valence-corrected chi connectivity index (χ2v) is 11.5. The quantitative estimate of drug-likeness (QED) is 0.226. The van der Waals surface area contributed by atoms with Crippen molar-refractivity contribution in [2.24, 2.45) is 5.41 Å². The van der Waals surface area contributed by atoms with Crippen LogP contribution >= 0.6 is 0 Å². The molecule has 0 saturated carbocycles. The zero-order chi connectivity index (χ0) is 25.9. The molecular weight excluding hydrogens is 635 g/mol. The first kappa shape index (κ1) is 27.1. The predicted molar refractivity (Wildman–Crippen MR) is 147 cm³/mol. The van der Waals surface area contributed by atoms with Gasteiger partial charge in [0.05, 0.1) is 0 Å². The van der Waals surface area contributed by atoms with Crippen LogP contribution < -0.4 is 4.90 Å². The standard InChI is InChI=1S/C31H34N5.Ir/c1-29(2)23-16-14-21(18-24(23)30(3,4)31(29,5)6)25-17-15-22(19-32-25)27-33-26(20-12-10-9-11-13-20)34-28(35-27)36(7)8;/h9-13,15-19H,1-8H3;/q-1;. The number of pyridine rings is 1. The summed E-state index contributed by atoms with van der Waals surface area (Å²) in [5, 5.41) is 0. The number of fused-ring (bicyclic) bond motifs is 1. The van der Waals surface area contributed by atoms with Crippen LogP contribution in [0.1, 0.15) is 52.7 Å². The molecule has 2 aromatic heterocycles. The molecule has 6 heteroatoms. The Kier molecular flexibility index (Phi) is 6.89. The van der Waals surface area contributed by atoms with Crippen LogP contribution in [0, 0.1) is 11.5 Å². The van der Waals surface area contributed by atoms with E-state index in [1.807, 2.05) is 67.7 Å². The van der Waals surface area contributed by atoms with Gasteiger partial charge in [0.2, 0.25) is 5.95 Å². The molecule has 5 rings (SSSR count). The molecule has 1 aliphatic rings. The summed E-state index contributed by atoms with van der Waals surface area (Å²) in [6.07, 6.45) is 1.85. The Morgan fingerprint density at radius 2 is 1.35 bits per heavy atom. The third-order valence-electron chi connectivity index (χ3n) is 8.78. The van der Waals surface area contributed by atoms with E-state index >= 15 is 0 Å². The first-order valence-corrected chi connectivity index (χ1v) is 12.5. The molecule has 0 saturated heterocycles. The Balaban J connectivity index is 0.00000320. The van der Waals surface area contributed by atoms with Gasteiger partial charge >= 0.3 is 0 Å². The fourth-order valence-corrected chi connectivity index (χ4v) is 5.22. The number of nitrogens with zero attached hydrogens (tertiary/aromatic N) is 5. The zero-order valence-corrected chi connectivity index (χ0v) is 25.2. The Bertz CT molecular complexity index is 1420. The number of hydrogen-bond donors (Lipinski definition) is 0. The van der Waals surface area contributed by atoms with E-state index in [4.69, 9.17) is 9.97 Å². The molecule has 193 valence electrons. The van der Waals surface area contributed by atoms with Crippen molar-refractivity contribution in [3.05, 3.63) is 78.0 Å². The van der Waals surface area contributed by atoms with Crippen molar-refractivity contribution in [1.29, 1.82) is 0 Å². The van der Waals surface area contributed by atoms with Crippen LogP contribution in [-0.2, 0) is 30.9 Å². The van der Waals surface area contributed by atoms with E-state index in [0.717, 1.165) is 22.4 Å². The third-order valence-corrected chi connectivity index (χ3v) is 8.78. The molecule has 0 aliphatic heterocycles. The number of hydrogen-bond acceptors (Lipinski definition) is 5. The van der Waals surface area contributed by atoms with E-state index in [9.17, 15) is 0 Å². The van der Waals surface area contributed by atoms with Crippen molar-refractivity contribution in [2.45, 2.75) is 52.4 Å². The van der Waals surface area contributed by atoms with Crippen LogP contribution in [0.4, 0.5) is 5.95 Å². The molecule has 0 bridgehead atoms. The van der Waals surface area contributed by atoms with Gasteiger partial charge < -0.3 is 9.88 Å². The number of rotatable bonds is 4. The maximum Gasteiger partial charge on any atom is 0.228 e. The van der Waals surface area contributed by atoms with Crippen molar-refractivity contribution in [1.82, 2.24) is 19.9 Å². The van der Waals surface area contributed by atoms with E-state index in [2.05, 4.69) is 69.7 Å². The average Bonchev–Trinajstić information content (AvgIpc) is 2.98. The fraction of sp³-hybridized carbons (Fsp3) is 0.355. The van der Waals surface area contributed by atoms with Gasteiger partial charge in [-0.05, 0) is 21.9 Å². The molecule has 4 aromatic rings. The number of anilines is 1. The molecule has 0 N–H and O–H groups in total. The maximum atomic E-state index is 4.80. The smallest absolute Gasteiger partial charge is 0.228 e. The Morgan fingerprint density at radius 1 is 0.730 bits per heavy atom. The molecule has 1 radical (unpaired) electrons. The summed E-state index contributed by atoms with van der Waals surface area (Å²) in [4.78, 5) is 20.8. The Morgan fingerprint density at radius 3 is 1.95 bits per heavy atom. The van der Waals surface area contributed by atoms with Crippen molar-refractivity contribution in [3.8, 4) is 34.0 Å². The predicted octanol–water partition coefficient (Wildman–Crippen LogP) is 6.73. The average molecular weight is 669 g/mol. The van der Waals surface area contributed by atoms with Crippen LogP contribution in [0.2, 0.25) is 0 Å². The molecule has 0 spiro atoms. The van der Waals surface area contributed by atoms with Gasteiger partial charge in [-0.1, -0.05) is 84.0 Å². The second-order valence-electron chi connectivity index (χ2n) is 11.5. The summed E-state index contributed by atoms with van der Waals surface area (Å²) < 4.78 is 0. The fourth-order valence-electron chi connectivity index (χ4n) is 5.22. The molecule has 5 nitrogen and oxygen atoms in total. The van der Waals surface area contributed by atoms with E-state index in [-0.39, 0.29) is 36.4 Å². The van der Waals surface area contributed by atoms with Crippen LogP contribution in [0.5, 0.6) is 0 Å². The summed E-state index contributed by atoms with van der Waals surface area (Å²) in [5.74, 6) is 1.87. The van der Waals surface area contributed by atoms with Gasteiger partial charge in [0.25, 0.3) is 0 Å². The second kappa shape index (κ2) is 9.41. The van der Waals surface area contributed by atoms with Crippen LogP contribution in [0.25, 0.3) is 34.0 Å². The first-order valence-electron chi connectivity index (χ1n) is 12.5. The summed E-state index contributed by atoms with van der Waals surface area (Å²) in [6.45, 7) is 14.2. The van der Waals surface area contributed by atoms with Crippen LogP contribution in [0.3, 0.4) is 0 Å². The minimum atomic E-state index is 0. The SMILES string of the molecule is CN(C)c1nc(-c2ccccc2)nc(-c2ccc(-c3[c-]cc4c(c3)C(C)(C)C(C)(C)C4(C)C)nc2)n1.[Ir]. The van der Waals surface area contributed by atoms with Gasteiger partial charge in [0.15, 0.2) is 11.6 Å². The molecule has 0 fully saturated rings. The van der Waals surface area contributed by atoms with Crippen molar-refractivity contribution in [2.75, 3.05) is 19.0 Å². The molecule has 2 aromatic carbocycles. The van der Waals surface area contributed by atoms with Crippen molar-refractivity contribution >= 4 is 5.95 Å². The minimum absolute atomic E-state index is 0. The van der Waals surface area contributed by atoms with Gasteiger partial charge in [0.1, 0.15) is 0 Å². The summed E-state index contributed by atoms with van der Waals surface area (Å²) in [5.41, 5.74) is 6.70. The summed E-state index contributed by atoms with van der Waals surface area (Å²) in [7, 11) is 3.87. The minimum Gasteiger partial charge on any atom is -0.347 e. The Labute approximate surface area is 234 Å². The van der Waals surface area contributed by atoms with Crippen LogP contribution in [0.15, 0.2) is 60.8 Å². The van der Waals surface area contributed by atoms with Gasteiger partial charge in [-0.3, -0.25) is 0 Å². The monoisotopic (exact) mass is 669 g/mol. The van der Waals surface area contributed by atoms with E-state index in [0.29, 0.717) is 17.6 Å². The largest absolute Gasteiger partial charge is 0.347 e. The summed E-state index contributed by atoms with van der Waals surface area (Å²) in [6, 6.07) is 22.0. The van der Waals surface area contributed by atoms with Gasteiger partial charge in [-0.25, -0.2) is 4.98 Å². The van der Waals surface area contributed by atoms with Crippen molar-refractivity contribution < 1.29 is 20.1 Å². The molecule has 0 unspecified atom stereocenters. The molecular formula is C31H34IrN5-. The molecule has 37 heavy (non-hydrogen) atoms. The normalized spacial score (nSPS) is 16.5. The zero-order valence-electron chi connectivity index (χ0n) is 22.8. The van der Waals surface area contributed by atoms with Gasteiger partial charge in [-0.2, -0.15) is 9.97 Å². The first-order chi connectivity index (χ1) is 16.9. The maximum absolute atomic E-state index is 4.80. The summed E-state index contributed by atoms with van der Waals surface area (Å²) >= 11 is 0. The molecule has 2 heterocycles. The van der Waals surface area contributed by atoms with E-state index in [1.54, 1.807) is 0 Å². The number of aromatic nitrogens is 4. The van der Waals surface area contributed by atoms with Gasteiger partial charge in [0, 0.05) is 51.5 Å². The van der Waals surface area contributed by atoms with Crippen LogP contribution in [-0.4, -0.2) is 34.0 Å². The third kappa shape index (κ3) is 4.30. The van der Waals surface area contributed by atoms with Crippen molar-refractivity contribution in [3.63, 3.8) is 0 Å². The number of benzene rings is 2.